The lowest BCUT2D eigenvalue weighted by Gasteiger charge is -2.34. The summed E-state index contributed by atoms with van der Waals surface area (Å²) in [5.41, 5.74) is 0. The number of carbonyl (C=O) groups excluding carboxylic acids is 1. The number of aliphatic carboxylic acids is 1. The lowest BCUT2D eigenvalue weighted by Crippen LogP contribution is -2.49. The molecule has 2 amide bonds. The number of hydrogen-bond donors (Lipinski definition) is 3. The predicted octanol–water partition coefficient (Wildman–Crippen LogP) is 1.04. The van der Waals surface area contributed by atoms with Crippen molar-refractivity contribution in [2.45, 2.75) is 45.1 Å². The number of rotatable bonds is 6. The van der Waals surface area contributed by atoms with Gasteiger partial charge < -0.3 is 20.4 Å². The second-order valence-corrected chi connectivity index (χ2v) is 5.22. The van der Waals surface area contributed by atoms with Gasteiger partial charge >= 0.3 is 12.0 Å². The second-order valence-electron chi connectivity index (χ2n) is 5.22. The Bertz CT molecular complexity index is 309. The molecule has 0 aliphatic carbocycles. The van der Waals surface area contributed by atoms with E-state index in [2.05, 4.69) is 5.32 Å². The maximum atomic E-state index is 11.8. The van der Waals surface area contributed by atoms with E-state index in [1.165, 1.54) is 0 Å². The Hall–Kier alpha value is -1.30. The van der Waals surface area contributed by atoms with Crippen LogP contribution in [0.2, 0.25) is 0 Å². The largest absolute Gasteiger partial charge is 0.481 e. The van der Waals surface area contributed by atoms with E-state index in [1.807, 2.05) is 6.92 Å². The quantitative estimate of drug-likeness (QED) is 0.630. The topological polar surface area (TPSA) is 89.9 Å². The standard InChI is InChI=1S/C13H24N2O4/c1-10-6-8-15(9-11(10)16)13(19)14-7-4-2-3-5-12(17)18/h10-11,16H,2-9H2,1H3,(H,14,19)(H,17,18). The summed E-state index contributed by atoms with van der Waals surface area (Å²) in [5.74, 6) is -0.527. The van der Waals surface area contributed by atoms with Gasteiger partial charge in [-0.05, 0) is 25.2 Å². The molecular formula is C13H24N2O4. The third-order valence-corrected chi connectivity index (χ3v) is 3.55. The minimum atomic E-state index is -0.777. The number of urea groups is 1. The van der Waals surface area contributed by atoms with Crippen molar-refractivity contribution in [3.8, 4) is 0 Å². The smallest absolute Gasteiger partial charge is 0.317 e. The molecule has 0 aromatic carbocycles. The number of aliphatic hydroxyl groups excluding tert-OH is 1. The van der Waals surface area contributed by atoms with E-state index in [0.717, 1.165) is 19.3 Å². The summed E-state index contributed by atoms with van der Waals surface area (Å²) in [5, 5.41) is 21.0. The molecule has 19 heavy (non-hydrogen) atoms. The fourth-order valence-corrected chi connectivity index (χ4v) is 2.12. The number of nitrogens with zero attached hydrogens (tertiary/aromatic N) is 1. The molecule has 1 saturated heterocycles. The highest BCUT2D eigenvalue weighted by molar-refractivity contribution is 5.74. The summed E-state index contributed by atoms with van der Waals surface area (Å²) < 4.78 is 0. The number of carboxylic acid groups (broad SMARTS) is 1. The van der Waals surface area contributed by atoms with Gasteiger partial charge in [-0.2, -0.15) is 0 Å². The van der Waals surface area contributed by atoms with E-state index >= 15 is 0 Å². The van der Waals surface area contributed by atoms with E-state index in [-0.39, 0.29) is 18.4 Å². The third kappa shape index (κ3) is 5.92. The van der Waals surface area contributed by atoms with Gasteiger partial charge in [0.2, 0.25) is 0 Å². The van der Waals surface area contributed by atoms with Gasteiger partial charge in [-0.3, -0.25) is 4.79 Å². The Morgan fingerprint density at radius 1 is 1.32 bits per heavy atom. The molecule has 0 aromatic rings. The molecule has 2 atom stereocenters. The van der Waals surface area contributed by atoms with Crippen LogP contribution in [-0.4, -0.2) is 52.9 Å². The van der Waals surface area contributed by atoms with Gasteiger partial charge in [-0.15, -0.1) is 0 Å². The number of β-amino-alcohol motifs (C(OH)–C–C–N with tert-alkyl or cyclic N) is 1. The van der Waals surface area contributed by atoms with E-state index in [4.69, 9.17) is 5.11 Å². The number of carboxylic acids is 1. The van der Waals surface area contributed by atoms with Crippen molar-refractivity contribution >= 4 is 12.0 Å². The average Bonchev–Trinajstić information content (AvgIpc) is 2.36. The third-order valence-electron chi connectivity index (χ3n) is 3.55. The fraction of sp³-hybridized carbons (Fsp3) is 0.846. The maximum absolute atomic E-state index is 11.8. The summed E-state index contributed by atoms with van der Waals surface area (Å²) in [6.07, 6.45) is 2.80. The van der Waals surface area contributed by atoms with Crippen LogP contribution >= 0.6 is 0 Å². The average molecular weight is 272 g/mol. The molecule has 1 heterocycles. The molecule has 1 aliphatic heterocycles. The highest BCUT2D eigenvalue weighted by Gasteiger charge is 2.26. The van der Waals surface area contributed by atoms with Crippen LogP contribution in [0.15, 0.2) is 0 Å². The Morgan fingerprint density at radius 2 is 2.05 bits per heavy atom. The molecule has 110 valence electrons. The van der Waals surface area contributed by atoms with Crippen LogP contribution in [-0.2, 0) is 4.79 Å². The summed E-state index contributed by atoms with van der Waals surface area (Å²) in [4.78, 5) is 23.7. The highest BCUT2D eigenvalue weighted by Crippen LogP contribution is 2.16. The van der Waals surface area contributed by atoms with Gasteiger partial charge in [0.1, 0.15) is 0 Å². The van der Waals surface area contributed by atoms with Crippen molar-refractivity contribution in [3.05, 3.63) is 0 Å². The minimum Gasteiger partial charge on any atom is -0.481 e. The molecule has 1 aliphatic rings. The van der Waals surface area contributed by atoms with Gasteiger partial charge in [-0.1, -0.05) is 13.3 Å². The monoisotopic (exact) mass is 272 g/mol. The van der Waals surface area contributed by atoms with E-state index in [0.29, 0.717) is 26.1 Å². The van der Waals surface area contributed by atoms with Gasteiger partial charge in [-0.25, -0.2) is 4.79 Å². The van der Waals surface area contributed by atoms with E-state index in [9.17, 15) is 14.7 Å². The molecule has 6 nitrogen and oxygen atoms in total. The number of carbonyl (C=O) groups is 2. The van der Waals surface area contributed by atoms with Crippen molar-refractivity contribution < 1.29 is 19.8 Å². The molecule has 3 N–H and O–H groups in total. The van der Waals surface area contributed by atoms with Crippen molar-refractivity contribution in [1.82, 2.24) is 10.2 Å². The van der Waals surface area contributed by atoms with Gasteiger partial charge in [0.15, 0.2) is 0 Å². The fourth-order valence-electron chi connectivity index (χ4n) is 2.12. The Kier molecular flexibility index (Phi) is 6.62. The van der Waals surface area contributed by atoms with E-state index < -0.39 is 12.1 Å². The van der Waals surface area contributed by atoms with Crippen LogP contribution in [0.4, 0.5) is 4.79 Å². The van der Waals surface area contributed by atoms with Crippen LogP contribution < -0.4 is 5.32 Å². The SMILES string of the molecule is CC1CCN(C(=O)NCCCCCC(=O)O)CC1O. The lowest BCUT2D eigenvalue weighted by atomic mass is 9.96. The summed E-state index contributed by atoms with van der Waals surface area (Å²) >= 11 is 0. The first-order valence-electron chi connectivity index (χ1n) is 6.93. The minimum absolute atomic E-state index is 0.135. The number of likely N-dealkylation sites (tertiary alicyclic amines) is 1. The normalized spacial score (nSPS) is 23.2. The Morgan fingerprint density at radius 3 is 2.68 bits per heavy atom. The molecule has 2 unspecified atom stereocenters. The number of aliphatic hydroxyl groups is 1. The van der Waals surface area contributed by atoms with E-state index in [1.54, 1.807) is 4.90 Å². The van der Waals surface area contributed by atoms with Gasteiger partial charge in [0.25, 0.3) is 0 Å². The van der Waals surface area contributed by atoms with Crippen molar-refractivity contribution in [2.75, 3.05) is 19.6 Å². The lowest BCUT2D eigenvalue weighted by molar-refractivity contribution is -0.137. The Labute approximate surface area is 113 Å². The number of amides is 2. The van der Waals surface area contributed by atoms with Crippen LogP contribution in [0.3, 0.4) is 0 Å². The number of piperidine rings is 1. The van der Waals surface area contributed by atoms with Crippen LogP contribution in [0.5, 0.6) is 0 Å². The molecule has 0 aromatic heterocycles. The molecular weight excluding hydrogens is 248 g/mol. The molecule has 1 fully saturated rings. The number of unbranched alkanes of at least 4 members (excludes halogenated alkanes) is 2. The van der Waals surface area contributed by atoms with Gasteiger partial charge in [0, 0.05) is 26.1 Å². The molecule has 1 rings (SSSR count). The maximum Gasteiger partial charge on any atom is 0.317 e. The first-order valence-corrected chi connectivity index (χ1v) is 6.93. The highest BCUT2D eigenvalue weighted by atomic mass is 16.4. The van der Waals surface area contributed by atoms with Crippen LogP contribution in [0, 0.1) is 5.92 Å². The molecule has 0 spiro atoms. The van der Waals surface area contributed by atoms with Crippen molar-refractivity contribution in [1.29, 1.82) is 0 Å². The first-order chi connectivity index (χ1) is 9.00. The van der Waals surface area contributed by atoms with Crippen molar-refractivity contribution in [3.63, 3.8) is 0 Å². The van der Waals surface area contributed by atoms with Crippen LogP contribution in [0.1, 0.15) is 39.0 Å². The molecule has 6 heteroatoms. The predicted molar refractivity (Wildman–Crippen MR) is 70.9 cm³/mol. The zero-order chi connectivity index (χ0) is 14.3. The first kappa shape index (κ1) is 15.8. The zero-order valence-corrected chi connectivity index (χ0v) is 11.5. The van der Waals surface area contributed by atoms with Crippen LogP contribution in [0.25, 0.3) is 0 Å². The second kappa shape index (κ2) is 7.99. The summed E-state index contributed by atoms with van der Waals surface area (Å²) in [6, 6.07) is -0.135. The van der Waals surface area contributed by atoms with Gasteiger partial charge in [0.05, 0.1) is 6.10 Å². The summed E-state index contributed by atoms with van der Waals surface area (Å²) in [7, 11) is 0. The Balaban J connectivity index is 2.09. The zero-order valence-electron chi connectivity index (χ0n) is 11.5. The number of hydrogen-bond acceptors (Lipinski definition) is 3. The number of nitrogens with one attached hydrogen (secondary N) is 1. The molecule has 0 saturated carbocycles. The van der Waals surface area contributed by atoms with Crippen molar-refractivity contribution in [2.24, 2.45) is 5.92 Å². The molecule has 0 radical (unpaired) electrons. The summed E-state index contributed by atoms with van der Waals surface area (Å²) in [6.45, 7) is 3.62. The molecule has 0 bridgehead atoms.